The standard InChI is InChI=1S/C6H11F/c1-4-5(7)6(4,2)3/h4-5H,1-3H3/t4-,5-/m1/s1. The highest BCUT2D eigenvalue weighted by molar-refractivity contribution is 5.03. The van der Waals surface area contributed by atoms with Gasteiger partial charge in [-0.2, -0.15) is 0 Å². The van der Waals surface area contributed by atoms with Crippen molar-refractivity contribution >= 4 is 0 Å². The highest BCUT2D eigenvalue weighted by Gasteiger charge is 2.55. The molecule has 1 saturated carbocycles. The number of halogens is 1. The average molecular weight is 102 g/mol. The molecule has 0 saturated heterocycles. The average Bonchev–Trinajstić information content (AvgIpc) is 1.91. The fourth-order valence-electron chi connectivity index (χ4n) is 0.822. The summed E-state index contributed by atoms with van der Waals surface area (Å²) < 4.78 is 12.3. The second-order valence-electron chi connectivity index (χ2n) is 3.01. The fourth-order valence-corrected chi connectivity index (χ4v) is 0.822. The van der Waals surface area contributed by atoms with Crippen LogP contribution in [0.3, 0.4) is 0 Å². The fraction of sp³-hybridized carbons (Fsp3) is 1.00. The van der Waals surface area contributed by atoms with E-state index in [1.807, 2.05) is 20.8 Å². The first-order valence-electron chi connectivity index (χ1n) is 2.71. The van der Waals surface area contributed by atoms with E-state index in [0.29, 0.717) is 5.92 Å². The Bertz CT molecular complexity index is 76.2. The zero-order chi connectivity index (χ0) is 5.65. The maximum Gasteiger partial charge on any atom is 0.109 e. The van der Waals surface area contributed by atoms with Gasteiger partial charge >= 0.3 is 0 Å². The molecule has 2 atom stereocenters. The minimum absolute atomic E-state index is 0. The van der Waals surface area contributed by atoms with Gasteiger partial charge in [0.25, 0.3) is 0 Å². The van der Waals surface area contributed by atoms with Gasteiger partial charge in [0.2, 0.25) is 0 Å². The molecule has 0 spiro atoms. The number of hydrogen-bond acceptors (Lipinski definition) is 0. The molecule has 1 heteroatoms. The first-order valence-corrected chi connectivity index (χ1v) is 2.71. The Morgan fingerprint density at radius 1 is 1.43 bits per heavy atom. The minimum Gasteiger partial charge on any atom is -0.247 e. The summed E-state index contributed by atoms with van der Waals surface area (Å²) >= 11 is 0. The van der Waals surface area contributed by atoms with Crippen LogP contribution < -0.4 is 0 Å². The van der Waals surface area contributed by atoms with Crippen molar-refractivity contribution in [1.82, 2.24) is 0 Å². The lowest BCUT2D eigenvalue weighted by Gasteiger charge is -1.91. The van der Waals surface area contributed by atoms with Crippen molar-refractivity contribution in [2.75, 3.05) is 0 Å². The molecule has 1 aliphatic carbocycles. The normalized spacial score (nSPS) is 46.3. The lowest BCUT2D eigenvalue weighted by Crippen LogP contribution is -1.87. The molecule has 0 bridgehead atoms. The van der Waals surface area contributed by atoms with Crippen LogP contribution in [0, 0.1) is 11.3 Å². The van der Waals surface area contributed by atoms with Crippen molar-refractivity contribution < 1.29 is 4.39 Å². The van der Waals surface area contributed by atoms with Gasteiger partial charge in [0.1, 0.15) is 6.17 Å². The Kier molecular flexibility index (Phi) is 0.734. The van der Waals surface area contributed by atoms with Crippen molar-refractivity contribution in [2.45, 2.75) is 26.9 Å². The molecule has 1 aliphatic rings. The van der Waals surface area contributed by atoms with Gasteiger partial charge in [0.05, 0.1) is 0 Å². The Balaban J connectivity index is 2.52. The lowest BCUT2D eigenvalue weighted by molar-refractivity contribution is 0.397. The van der Waals surface area contributed by atoms with Gasteiger partial charge in [0, 0.05) is 5.41 Å². The molecule has 0 heterocycles. The molecule has 0 unspecified atom stereocenters. The molecular weight excluding hydrogens is 91.1 g/mol. The van der Waals surface area contributed by atoms with E-state index in [1.54, 1.807) is 0 Å². The van der Waals surface area contributed by atoms with Gasteiger partial charge in [-0.1, -0.05) is 20.8 Å². The number of alkyl halides is 1. The molecule has 0 aromatic carbocycles. The van der Waals surface area contributed by atoms with Crippen molar-refractivity contribution in [3.05, 3.63) is 0 Å². The third kappa shape index (κ3) is 0.472. The van der Waals surface area contributed by atoms with Gasteiger partial charge in [-0.25, -0.2) is 4.39 Å². The van der Waals surface area contributed by atoms with Crippen LogP contribution in [0.5, 0.6) is 0 Å². The smallest absolute Gasteiger partial charge is 0.109 e. The second-order valence-corrected chi connectivity index (χ2v) is 3.01. The molecule has 0 aliphatic heterocycles. The van der Waals surface area contributed by atoms with Crippen LogP contribution in [0.2, 0.25) is 0 Å². The quantitative estimate of drug-likeness (QED) is 0.439. The summed E-state index contributed by atoms with van der Waals surface area (Å²) in [4.78, 5) is 0. The van der Waals surface area contributed by atoms with Gasteiger partial charge < -0.3 is 0 Å². The Labute approximate surface area is 43.7 Å². The predicted molar refractivity (Wildman–Crippen MR) is 27.8 cm³/mol. The second kappa shape index (κ2) is 1.01. The maximum absolute atomic E-state index is 12.3. The topological polar surface area (TPSA) is 0 Å². The van der Waals surface area contributed by atoms with Gasteiger partial charge in [0.15, 0.2) is 0 Å². The summed E-state index contributed by atoms with van der Waals surface area (Å²) in [6.07, 6.45) is -0.535. The summed E-state index contributed by atoms with van der Waals surface area (Å²) in [6, 6.07) is 0. The largest absolute Gasteiger partial charge is 0.247 e. The highest BCUT2D eigenvalue weighted by atomic mass is 19.1. The summed E-state index contributed by atoms with van der Waals surface area (Å²) in [5.74, 6) is 0.299. The Morgan fingerprint density at radius 2 is 1.57 bits per heavy atom. The van der Waals surface area contributed by atoms with E-state index in [4.69, 9.17) is 0 Å². The van der Waals surface area contributed by atoms with Crippen LogP contribution in [0.25, 0.3) is 0 Å². The number of hydrogen-bond donors (Lipinski definition) is 0. The summed E-state index contributed by atoms with van der Waals surface area (Å²) in [5, 5.41) is 0. The van der Waals surface area contributed by atoms with Crippen LogP contribution in [0.15, 0.2) is 0 Å². The molecule has 0 nitrogen and oxygen atoms in total. The monoisotopic (exact) mass is 102 g/mol. The third-order valence-electron chi connectivity index (χ3n) is 2.21. The van der Waals surface area contributed by atoms with E-state index in [0.717, 1.165) is 0 Å². The summed E-state index contributed by atoms with van der Waals surface area (Å²) in [5.41, 5.74) is 0. The van der Waals surface area contributed by atoms with Gasteiger partial charge in [-0.3, -0.25) is 0 Å². The lowest BCUT2D eigenvalue weighted by atomic mass is 10.1. The van der Waals surface area contributed by atoms with E-state index in [1.165, 1.54) is 0 Å². The van der Waals surface area contributed by atoms with Crippen molar-refractivity contribution in [3.8, 4) is 0 Å². The van der Waals surface area contributed by atoms with Crippen LogP contribution in [-0.4, -0.2) is 6.17 Å². The molecule has 0 amide bonds. The molecule has 0 radical (unpaired) electrons. The van der Waals surface area contributed by atoms with E-state index < -0.39 is 6.17 Å². The third-order valence-corrected chi connectivity index (χ3v) is 2.21. The Hall–Kier alpha value is -0.0700. The van der Waals surface area contributed by atoms with Crippen LogP contribution >= 0.6 is 0 Å². The maximum atomic E-state index is 12.3. The molecule has 0 aromatic heterocycles. The van der Waals surface area contributed by atoms with E-state index >= 15 is 0 Å². The molecule has 0 aromatic rings. The minimum atomic E-state index is -0.535. The molecule has 1 rings (SSSR count). The van der Waals surface area contributed by atoms with Crippen molar-refractivity contribution in [3.63, 3.8) is 0 Å². The zero-order valence-electron chi connectivity index (χ0n) is 5.03. The summed E-state index contributed by atoms with van der Waals surface area (Å²) in [6.45, 7) is 5.87. The van der Waals surface area contributed by atoms with E-state index in [9.17, 15) is 4.39 Å². The van der Waals surface area contributed by atoms with E-state index in [-0.39, 0.29) is 5.41 Å². The molecular formula is C6H11F. The summed E-state index contributed by atoms with van der Waals surface area (Å²) in [7, 11) is 0. The SMILES string of the molecule is C[C@@H]1[C@@H](F)C1(C)C. The van der Waals surface area contributed by atoms with E-state index in [2.05, 4.69) is 0 Å². The van der Waals surface area contributed by atoms with Gasteiger partial charge in [-0.05, 0) is 5.92 Å². The van der Waals surface area contributed by atoms with Crippen LogP contribution in [0.4, 0.5) is 4.39 Å². The van der Waals surface area contributed by atoms with Crippen LogP contribution in [-0.2, 0) is 0 Å². The van der Waals surface area contributed by atoms with Crippen molar-refractivity contribution in [1.29, 1.82) is 0 Å². The van der Waals surface area contributed by atoms with Gasteiger partial charge in [-0.15, -0.1) is 0 Å². The molecule has 0 N–H and O–H groups in total. The predicted octanol–water partition coefficient (Wildman–Crippen LogP) is 2.00. The number of rotatable bonds is 0. The van der Waals surface area contributed by atoms with Crippen LogP contribution in [0.1, 0.15) is 20.8 Å². The first kappa shape index (κ1) is 5.07. The van der Waals surface area contributed by atoms with Crippen molar-refractivity contribution in [2.24, 2.45) is 11.3 Å². The zero-order valence-corrected chi connectivity index (χ0v) is 5.03. The Morgan fingerprint density at radius 3 is 1.57 bits per heavy atom. The molecule has 42 valence electrons. The first-order chi connectivity index (χ1) is 3.07. The highest BCUT2D eigenvalue weighted by Crippen LogP contribution is 2.53. The molecule has 1 fully saturated rings. The molecule has 7 heavy (non-hydrogen) atoms.